The third-order valence-corrected chi connectivity index (χ3v) is 4.26. The first kappa shape index (κ1) is 17.0. The van der Waals surface area contributed by atoms with Gasteiger partial charge in [-0.15, -0.1) is 10.2 Å². The van der Waals surface area contributed by atoms with E-state index in [-0.39, 0.29) is 27.4 Å². The van der Waals surface area contributed by atoms with Crippen molar-refractivity contribution in [1.29, 1.82) is 0 Å². The van der Waals surface area contributed by atoms with Gasteiger partial charge in [-0.05, 0) is 6.07 Å². The van der Waals surface area contributed by atoms with E-state index in [1.165, 1.54) is 6.20 Å². The van der Waals surface area contributed by atoms with Gasteiger partial charge in [0.2, 0.25) is 0 Å². The molecule has 3 rings (SSSR count). The topological polar surface area (TPSA) is 48.0 Å². The second kappa shape index (κ2) is 6.20. The molecule has 3 aromatic heterocycles. The maximum absolute atomic E-state index is 12.9. The third-order valence-electron chi connectivity index (χ3n) is 3.05. The second-order valence-corrected chi connectivity index (χ2v) is 5.92. The second-order valence-electron chi connectivity index (χ2n) is 4.57. The number of imidazole rings is 1. The summed E-state index contributed by atoms with van der Waals surface area (Å²) in [6.07, 6.45) is -1.46. The predicted octanol–water partition coefficient (Wildman–Crippen LogP) is 4.29. The maximum Gasteiger partial charge on any atom is 0.417 e. The lowest BCUT2D eigenvalue weighted by Crippen LogP contribution is -2.07. The Morgan fingerprint density at radius 3 is 2.67 bits per heavy atom. The number of alkyl halides is 5. The van der Waals surface area contributed by atoms with Crippen LogP contribution < -0.4 is 0 Å². The zero-order valence-corrected chi connectivity index (χ0v) is 13.1. The Morgan fingerprint density at radius 2 is 2.00 bits per heavy atom. The molecule has 0 radical (unpaired) electrons. The van der Waals surface area contributed by atoms with Gasteiger partial charge in [0, 0.05) is 18.6 Å². The summed E-state index contributed by atoms with van der Waals surface area (Å²) in [7, 11) is 0. The molecule has 0 fully saturated rings. The molecule has 0 spiro atoms. The molecule has 0 saturated heterocycles. The van der Waals surface area contributed by atoms with Crippen LogP contribution in [0.1, 0.15) is 17.9 Å². The first-order chi connectivity index (χ1) is 11.3. The normalized spacial score (nSPS) is 12.5. The highest BCUT2D eigenvalue weighted by atomic mass is 35.5. The lowest BCUT2D eigenvalue weighted by molar-refractivity contribution is -0.137. The van der Waals surface area contributed by atoms with Crippen LogP contribution in [-0.2, 0) is 11.9 Å². The monoisotopic (exact) mass is 383 g/mol. The van der Waals surface area contributed by atoms with Crippen LogP contribution in [0.2, 0.25) is 5.02 Å². The Hall–Kier alpha value is -1.88. The van der Waals surface area contributed by atoms with Gasteiger partial charge in [0.1, 0.15) is 5.82 Å². The quantitative estimate of drug-likeness (QED) is 0.498. The maximum atomic E-state index is 12.9. The zero-order chi connectivity index (χ0) is 17.5. The Morgan fingerprint density at radius 1 is 1.25 bits per heavy atom. The zero-order valence-electron chi connectivity index (χ0n) is 11.5. The smallest absolute Gasteiger partial charge is 0.277 e. The highest BCUT2D eigenvalue weighted by Gasteiger charge is 2.32. The van der Waals surface area contributed by atoms with Gasteiger partial charge >= 0.3 is 12.7 Å². The first-order valence-corrected chi connectivity index (χ1v) is 7.68. The van der Waals surface area contributed by atoms with Crippen LogP contribution in [0.4, 0.5) is 22.0 Å². The van der Waals surface area contributed by atoms with Gasteiger partial charge < -0.3 is 0 Å². The van der Waals surface area contributed by atoms with Crippen molar-refractivity contribution in [2.24, 2.45) is 0 Å². The summed E-state index contributed by atoms with van der Waals surface area (Å²) < 4.78 is 65.8. The number of hydrogen-bond acceptors (Lipinski definition) is 4. The Kier molecular flexibility index (Phi) is 4.38. The number of aromatic nitrogens is 5. The van der Waals surface area contributed by atoms with Gasteiger partial charge in [-0.1, -0.05) is 23.4 Å². The van der Waals surface area contributed by atoms with Crippen molar-refractivity contribution in [3.63, 3.8) is 0 Å². The van der Waals surface area contributed by atoms with E-state index in [1.807, 2.05) is 0 Å². The fraction of sp³-hybridized carbons (Fsp3) is 0.250. The van der Waals surface area contributed by atoms with Crippen molar-refractivity contribution in [3.05, 3.63) is 41.1 Å². The van der Waals surface area contributed by atoms with Gasteiger partial charge in [0.15, 0.2) is 10.8 Å². The van der Waals surface area contributed by atoms with Gasteiger partial charge in [-0.25, -0.2) is 4.98 Å². The molecule has 0 aliphatic carbocycles. The highest BCUT2D eigenvalue weighted by Crippen LogP contribution is 2.33. The van der Waals surface area contributed by atoms with E-state index in [1.54, 1.807) is 0 Å². The number of rotatable bonds is 4. The van der Waals surface area contributed by atoms with E-state index in [4.69, 9.17) is 11.6 Å². The van der Waals surface area contributed by atoms with Crippen LogP contribution in [-0.4, -0.2) is 24.1 Å². The molecule has 0 saturated carbocycles. The number of hydrogen-bond donors (Lipinski definition) is 0. The van der Waals surface area contributed by atoms with Crippen LogP contribution in [0.5, 0.6) is 0 Å². The number of fused-ring (bicyclic) bond motifs is 1. The van der Waals surface area contributed by atoms with Crippen LogP contribution in [0.25, 0.3) is 5.65 Å². The van der Waals surface area contributed by atoms with Crippen molar-refractivity contribution in [1.82, 2.24) is 24.1 Å². The van der Waals surface area contributed by atoms with E-state index in [9.17, 15) is 22.0 Å². The Balaban J connectivity index is 1.92. The molecule has 0 bridgehead atoms. The Bertz CT molecular complexity index is 874. The summed E-state index contributed by atoms with van der Waals surface area (Å²) in [5, 5.41) is 7.34. The predicted molar refractivity (Wildman–Crippen MR) is 76.0 cm³/mol. The molecule has 0 aliphatic heterocycles. The molecular formula is C12H7ClF5N5S. The number of halogens is 6. The van der Waals surface area contributed by atoms with E-state index in [2.05, 4.69) is 15.2 Å². The SMILES string of the molecule is FC(F)n1ccnc1CSc1nnc2c(Cl)cc(C(F)(F)F)cn12. The average molecular weight is 384 g/mol. The molecule has 0 atom stereocenters. The molecule has 0 N–H and O–H groups in total. The lowest BCUT2D eigenvalue weighted by atomic mass is 10.3. The molecule has 3 heterocycles. The number of pyridine rings is 1. The molecular weight excluding hydrogens is 377 g/mol. The van der Waals surface area contributed by atoms with E-state index in [0.29, 0.717) is 4.57 Å². The van der Waals surface area contributed by atoms with Crippen molar-refractivity contribution < 1.29 is 22.0 Å². The number of nitrogens with zero attached hydrogens (tertiary/aromatic N) is 5. The first-order valence-electron chi connectivity index (χ1n) is 6.31. The van der Waals surface area contributed by atoms with Crippen molar-refractivity contribution in [2.75, 3.05) is 0 Å². The van der Waals surface area contributed by atoms with E-state index >= 15 is 0 Å². The summed E-state index contributed by atoms with van der Waals surface area (Å²) >= 11 is 6.72. The van der Waals surface area contributed by atoms with Crippen molar-refractivity contribution in [2.45, 2.75) is 23.6 Å². The molecule has 24 heavy (non-hydrogen) atoms. The largest absolute Gasteiger partial charge is 0.417 e. The number of thioether (sulfide) groups is 1. The third kappa shape index (κ3) is 3.18. The van der Waals surface area contributed by atoms with Gasteiger partial charge in [-0.2, -0.15) is 22.0 Å². The van der Waals surface area contributed by atoms with Gasteiger partial charge in [-0.3, -0.25) is 8.97 Å². The molecule has 0 aromatic carbocycles. The standard InChI is InChI=1S/C12H7ClF5N5S/c13-7-3-6(12(16,17)18)4-23-9(7)20-21-11(23)24-5-8-19-1-2-22(8)10(14)15/h1-4,10H,5H2. The van der Waals surface area contributed by atoms with Crippen molar-refractivity contribution in [3.8, 4) is 0 Å². The fourth-order valence-corrected chi connectivity index (χ4v) is 3.05. The molecule has 3 aromatic rings. The van der Waals surface area contributed by atoms with Crippen LogP contribution in [0, 0.1) is 0 Å². The van der Waals surface area contributed by atoms with Crippen LogP contribution >= 0.6 is 23.4 Å². The summed E-state index contributed by atoms with van der Waals surface area (Å²) in [6.45, 7) is -2.76. The highest BCUT2D eigenvalue weighted by molar-refractivity contribution is 7.98. The summed E-state index contributed by atoms with van der Waals surface area (Å²) in [6, 6.07) is 0.753. The molecule has 12 heteroatoms. The fourth-order valence-electron chi connectivity index (χ4n) is 1.95. The molecule has 0 amide bonds. The average Bonchev–Trinajstić information content (AvgIpc) is 3.10. The van der Waals surface area contributed by atoms with E-state index in [0.717, 1.165) is 34.6 Å². The molecule has 0 unspecified atom stereocenters. The summed E-state index contributed by atoms with van der Waals surface area (Å²) in [5.41, 5.74) is -0.917. The summed E-state index contributed by atoms with van der Waals surface area (Å²) in [4.78, 5) is 3.79. The van der Waals surface area contributed by atoms with Gasteiger partial charge in [0.25, 0.3) is 0 Å². The minimum Gasteiger partial charge on any atom is -0.277 e. The molecule has 5 nitrogen and oxygen atoms in total. The van der Waals surface area contributed by atoms with E-state index < -0.39 is 18.3 Å². The van der Waals surface area contributed by atoms with Gasteiger partial charge in [0.05, 0.1) is 16.3 Å². The minimum atomic E-state index is -4.59. The lowest BCUT2D eigenvalue weighted by Gasteiger charge is -2.09. The van der Waals surface area contributed by atoms with Crippen molar-refractivity contribution >= 4 is 29.0 Å². The van der Waals surface area contributed by atoms with Crippen LogP contribution in [0.3, 0.4) is 0 Å². The molecule has 128 valence electrons. The molecule has 0 aliphatic rings. The van der Waals surface area contributed by atoms with Crippen LogP contribution in [0.15, 0.2) is 29.8 Å². The summed E-state index contributed by atoms with van der Waals surface area (Å²) in [5.74, 6) is 0.0382. The Labute approximate surface area is 140 Å². The minimum absolute atomic E-state index is 0.0218.